The second kappa shape index (κ2) is 4.29. The van der Waals surface area contributed by atoms with Crippen LogP contribution < -0.4 is 0 Å². The highest BCUT2D eigenvalue weighted by Gasteiger charge is 2.40. The lowest BCUT2D eigenvalue weighted by Gasteiger charge is -2.41. The van der Waals surface area contributed by atoms with Crippen LogP contribution in [0.5, 0.6) is 0 Å². The van der Waals surface area contributed by atoms with Crippen molar-refractivity contribution in [2.75, 3.05) is 0 Å². The molecule has 1 heteroatoms. The number of carbonyl (C=O) groups excluding carboxylic acids is 1. The minimum absolute atomic E-state index is 0.189. The van der Waals surface area contributed by atoms with E-state index in [9.17, 15) is 4.79 Å². The van der Waals surface area contributed by atoms with E-state index in [0.29, 0.717) is 11.7 Å². The van der Waals surface area contributed by atoms with Gasteiger partial charge in [0.2, 0.25) is 0 Å². The molecular formula is C13H22O. The normalized spacial score (nSPS) is 32.0. The standard InChI is InChI=1S/C13H22O/c1-5-7-11(14)12-10(2)8-6-9-13(12,3)4/h5,7,10,12H,6,8-9H2,1-4H3/b7-5+/t10-,12-/m0/s1. The molecule has 0 bridgehead atoms. The van der Waals surface area contributed by atoms with Crippen molar-refractivity contribution in [3.05, 3.63) is 12.2 Å². The fraction of sp³-hybridized carbons (Fsp3) is 0.769. The first-order chi connectivity index (χ1) is 6.49. The van der Waals surface area contributed by atoms with Crippen molar-refractivity contribution < 1.29 is 4.79 Å². The van der Waals surface area contributed by atoms with Crippen molar-refractivity contribution in [2.24, 2.45) is 17.3 Å². The zero-order valence-electron chi connectivity index (χ0n) is 9.84. The van der Waals surface area contributed by atoms with E-state index in [2.05, 4.69) is 20.8 Å². The summed E-state index contributed by atoms with van der Waals surface area (Å²) in [5.41, 5.74) is 0.189. The zero-order valence-corrected chi connectivity index (χ0v) is 9.84. The van der Waals surface area contributed by atoms with Crippen LogP contribution in [0.25, 0.3) is 0 Å². The van der Waals surface area contributed by atoms with Gasteiger partial charge in [0.25, 0.3) is 0 Å². The number of rotatable bonds is 2. The lowest BCUT2D eigenvalue weighted by molar-refractivity contribution is -0.125. The van der Waals surface area contributed by atoms with Gasteiger partial charge in [-0.3, -0.25) is 4.79 Å². The van der Waals surface area contributed by atoms with Crippen LogP contribution in [0.4, 0.5) is 0 Å². The Bertz CT molecular complexity index is 238. The van der Waals surface area contributed by atoms with Crippen molar-refractivity contribution >= 4 is 5.78 Å². The van der Waals surface area contributed by atoms with Gasteiger partial charge in [0.05, 0.1) is 0 Å². The molecule has 80 valence electrons. The summed E-state index contributed by atoms with van der Waals surface area (Å²) in [6, 6.07) is 0. The van der Waals surface area contributed by atoms with Crippen LogP contribution in [0.2, 0.25) is 0 Å². The van der Waals surface area contributed by atoms with Crippen LogP contribution >= 0.6 is 0 Å². The SMILES string of the molecule is C/C=C/C(=O)[C@@H]1[C@@H](C)CCCC1(C)C. The number of hydrogen-bond donors (Lipinski definition) is 0. The fourth-order valence-corrected chi connectivity index (χ4v) is 2.91. The maximum Gasteiger partial charge on any atom is 0.159 e. The highest BCUT2D eigenvalue weighted by atomic mass is 16.1. The summed E-state index contributed by atoms with van der Waals surface area (Å²) in [7, 11) is 0. The predicted octanol–water partition coefficient (Wildman–Crippen LogP) is 3.59. The van der Waals surface area contributed by atoms with Gasteiger partial charge in [-0.1, -0.05) is 33.3 Å². The van der Waals surface area contributed by atoms with Gasteiger partial charge in [-0.25, -0.2) is 0 Å². The Labute approximate surface area is 87.6 Å². The monoisotopic (exact) mass is 194 g/mol. The Morgan fingerprint density at radius 1 is 1.43 bits per heavy atom. The van der Waals surface area contributed by atoms with Crippen LogP contribution in [0, 0.1) is 17.3 Å². The van der Waals surface area contributed by atoms with E-state index in [0.717, 1.165) is 0 Å². The number of allylic oxidation sites excluding steroid dienone is 2. The smallest absolute Gasteiger partial charge is 0.159 e. The van der Waals surface area contributed by atoms with Gasteiger partial charge >= 0.3 is 0 Å². The van der Waals surface area contributed by atoms with Gasteiger partial charge in [-0.05, 0) is 37.2 Å². The molecule has 1 rings (SSSR count). The van der Waals surface area contributed by atoms with Gasteiger partial charge in [-0.2, -0.15) is 0 Å². The third-order valence-corrected chi connectivity index (χ3v) is 3.53. The molecule has 0 unspecified atom stereocenters. The fourth-order valence-electron chi connectivity index (χ4n) is 2.91. The average molecular weight is 194 g/mol. The van der Waals surface area contributed by atoms with Crippen LogP contribution in [0.3, 0.4) is 0 Å². The van der Waals surface area contributed by atoms with Crippen LogP contribution in [-0.4, -0.2) is 5.78 Å². The van der Waals surface area contributed by atoms with E-state index >= 15 is 0 Å². The Morgan fingerprint density at radius 3 is 2.57 bits per heavy atom. The van der Waals surface area contributed by atoms with Gasteiger partial charge < -0.3 is 0 Å². The molecule has 0 spiro atoms. The molecule has 1 aliphatic carbocycles. The van der Waals surface area contributed by atoms with E-state index < -0.39 is 0 Å². The van der Waals surface area contributed by atoms with Crippen molar-refractivity contribution in [1.29, 1.82) is 0 Å². The summed E-state index contributed by atoms with van der Waals surface area (Å²) in [5, 5.41) is 0. The quantitative estimate of drug-likeness (QED) is 0.614. The van der Waals surface area contributed by atoms with Crippen molar-refractivity contribution in [1.82, 2.24) is 0 Å². The predicted molar refractivity (Wildman–Crippen MR) is 60.1 cm³/mol. The molecule has 0 aromatic rings. The van der Waals surface area contributed by atoms with Crippen molar-refractivity contribution in [2.45, 2.75) is 47.0 Å². The largest absolute Gasteiger partial charge is 0.295 e. The highest BCUT2D eigenvalue weighted by molar-refractivity contribution is 5.92. The molecule has 1 saturated carbocycles. The Balaban J connectivity index is 2.85. The number of hydrogen-bond acceptors (Lipinski definition) is 1. The van der Waals surface area contributed by atoms with Crippen molar-refractivity contribution in [3.8, 4) is 0 Å². The van der Waals surface area contributed by atoms with E-state index in [4.69, 9.17) is 0 Å². The molecule has 1 aliphatic rings. The molecule has 0 saturated heterocycles. The Morgan fingerprint density at radius 2 is 2.07 bits per heavy atom. The summed E-state index contributed by atoms with van der Waals surface area (Å²) in [4.78, 5) is 11.9. The number of carbonyl (C=O) groups is 1. The lowest BCUT2D eigenvalue weighted by Crippen LogP contribution is -2.38. The first-order valence-corrected chi connectivity index (χ1v) is 5.65. The molecule has 0 heterocycles. The van der Waals surface area contributed by atoms with Gasteiger partial charge in [-0.15, -0.1) is 0 Å². The molecule has 0 aliphatic heterocycles. The van der Waals surface area contributed by atoms with Gasteiger partial charge in [0.1, 0.15) is 0 Å². The van der Waals surface area contributed by atoms with E-state index in [-0.39, 0.29) is 11.3 Å². The molecule has 0 amide bonds. The van der Waals surface area contributed by atoms with Crippen LogP contribution in [0.1, 0.15) is 47.0 Å². The molecule has 0 N–H and O–H groups in total. The molecule has 1 fully saturated rings. The molecule has 0 aromatic carbocycles. The minimum atomic E-state index is 0.189. The molecule has 1 nitrogen and oxygen atoms in total. The first-order valence-electron chi connectivity index (χ1n) is 5.65. The van der Waals surface area contributed by atoms with E-state index in [1.807, 2.05) is 13.0 Å². The van der Waals surface area contributed by atoms with Gasteiger partial charge in [0.15, 0.2) is 5.78 Å². The van der Waals surface area contributed by atoms with E-state index in [1.54, 1.807) is 6.08 Å². The number of ketones is 1. The molecule has 0 aromatic heterocycles. The summed E-state index contributed by atoms with van der Waals surface area (Å²) in [6.45, 7) is 8.59. The van der Waals surface area contributed by atoms with Gasteiger partial charge in [0, 0.05) is 5.92 Å². The maximum absolute atomic E-state index is 11.9. The lowest BCUT2D eigenvalue weighted by atomic mass is 9.62. The second-order valence-electron chi connectivity index (χ2n) is 5.24. The molecule has 0 radical (unpaired) electrons. The van der Waals surface area contributed by atoms with E-state index in [1.165, 1.54) is 19.3 Å². The minimum Gasteiger partial charge on any atom is -0.295 e. The summed E-state index contributed by atoms with van der Waals surface area (Å²) >= 11 is 0. The average Bonchev–Trinajstić information content (AvgIpc) is 2.02. The zero-order chi connectivity index (χ0) is 10.8. The summed E-state index contributed by atoms with van der Waals surface area (Å²) in [6.07, 6.45) is 7.27. The highest BCUT2D eigenvalue weighted by Crippen LogP contribution is 2.44. The van der Waals surface area contributed by atoms with Crippen LogP contribution in [-0.2, 0) is 4.79 Å². The molecule has 14 heavy (non-hydrogen) atoms. The Kier molecular flexibility index (Phi) is 3.52. The first kappa shape index (κ1) is 11.5. The third-order valence-electron chi connectivity index (χ3n) is 3.53. The summed E-state index contributed by atoms with van der Waals surface area (Å²) in [5.74, 6) is 1.10. The second-order valence-corrected chi connectivity index (χ2v) is 5.24. The Hall–Kier alpha value is -0.590. The molecular weight excluding hydrogens is 172 g/mol. The van der Waals surface area contributed by atoms with Crippen molar-refractivity contribution in [3.63, 3.8) is 0 Å². The molecule has 2 atom stereocenters. The third kappa shape index (κ3) is 2.26. The summed E-state index contributed by atoms with van der Waals surface area (Å²) < 4.78 is 0. The maximum atomic E-state index is 11.9. The van der Waals surface area contributed by atoms with Crippen LogP contribution in [0.15, 0.2) is 12.2 Å². The topological polar surface area (TPSA) is 17.1 Å².